The van der Waals surface area contributed by atoms with Crippen molar-refractivity contribution in [2.45, 2.75) is 46.2 Å². The molecule has 0 radical (unpaired) electrons. The molecule has 1 aromatic rings. The maximum absolute atomic E-state index is 12.5. The van der Waals surface area contributed by atoms with Crippen LogP contribution in [0.4, 0.5) is 0 Å². The van der Waals surface area contributed by atoms with Gasteiger partial charge in [-0.1, -0.05) is 20.3 Å². The van der Waals surface area contributed by atoms with Gasteiger partial charge in [0, 0.05) is 30.8 Å². The first-order valence-corrected chi connectivity index (χ1v) is 7.82. The lowest BCUT2D eigenvalue weighted by molar-refractivity contribution is -0.146. The summed E-state index contributed by atoms with van der Waals surface area (Å²) in [6.45, 7) is 7.43. The summed E-state index contributed by atoms with van der Waals surface area (Å²) in [5.74, 6) is -0.733. The van der Waals surface area contributed by atoms with Crippen LogP contribution in [-0.4, -0.2) is 41.3 Å². The molecule has 0 aliphatic carbocycles. The highest BCUT2D eigenvalue weighted by molar-refractivity contribution is 5.96. The Morgan fingerprint density at radius 2 is 2.13 bits per heavy atom. The summed E-state index contributed by atoms with van der Waals surface area (Å²) in [6, 6.07) is -0.652. The number of H-pyrrole nitrogens is 1. The molecule has 2 heterocycles. The molecule has 1 amide bonds. The molecule has 0 bridgehead atoms. The lowest BCUT2D eigenvalue weighted by Gasteiger charge is -2.22. The molecule has 23 heavy (non-hydrogen) atoms. The van der Waals surface area contributed by atoms with Crippen LogP contribution in [0, 0.1) is 5.92 Å². The molecular weight excluding hydrogens is 320 g/mol. The molecule has 0 saturated heterocycles. The predicted octanol–water partition coefficient (Wildman–Crippen LogP) is 1.18. The zero-order chi connectivity index (χ0) is 16.1. The number of fused-ring (bicyclic) bond motifs is 1. The standard InChI is InChI=1S/C15H24N4O3.ClH/c1-4-9(3)12(15(21)22-5-2)17-14(20)13-10-8-16-7-6-11(10)18-19-13;/h9,12,16H,4-8H2,1-3H3,(H,17,20)(H,18,19);1H. The highest BCUT2D eigenvalue weighted by atomic mass is 35.5. The van der Waals surface area contributed by atoms with E-state index in [0.717, 1.165) is 30.6 Å². The molecule has 7 nitrogen and oxygen atoms in total. The first kappa shape index (κ1) is 19.4. The van der Waals surface area contributed by atoms with E-state index in [1.165, 1.54) is 0 Å². The van der Waals surface area contributed by atoms with Crippen LogP contribution in [0.25, 0.3) is 0 Å². The molecule has 2 rings (SSSR count). The quantitative estimate of drug-likeness (QED) is 0.673. The van der Waals surface area contributed by atoms with Crippen LogP contribution in [0.3, 0.4) is 0 Å². The summed E-state index contributed by atoms with van der Waals surface area (Å²) >= 11 is 0. The van der Waals surface area contributed by atoms with E-state index in [1.807, 2.05) is 13.8 Å². The Bertz CT molecular complexity index is 547. The molecule has 0 fully saturated rings. The lowest BCUT2D eigenvalue weighted by Crippen LogP contribution is -2.46. The lowest BCUT2D eigenvalue weighted by atomic mass is 9.98. The fraction of sp³-hybridized carbons (Fsp3) is 0.667. The molecule has 2 unspecified atom stereocenters. The number of nitrogens with zero attached hydrogens (tertiary/aromatic N) is 1. The molecule has 1 aliphatic rings. The minimum absolute atomic E-state index is 0. The van der Waals surface area contributed by atoms with Gasteiger partial charge >= 0.3 is 5.97 Å². The summed E-state index contributed by atoms with van der Waals surface area (Å²) in [5, 5.41) is 13.0. The van der Waals surface area contributed by atoms with Crippen LogP contribution in [0.15, 0.2) is 0 Å². The van der Waals surface area contributed by atoms with Crippen molar-refractivity contribution in [2.75, 3.05) is 13.2 Å². The van der Waals surface area contributed by atoms with E-state index in [0.29, 0.717) is 18.8 Å². The molecule has 3 N–H and O–H groups in total. The number of hydrogen-bond donors (Lipinski definition) is 3. The summed E-state index contributed by atoms with van der Waals surface area (Å²) in [7, 11) is 0. The highest BCUT2D eigenvalue weighted by Crippen LogP contribution is 2.16. The third-order valence-electron chi connectivity index (χ3n) is 4.06. The van der Waals surface area contributed by atoms with E-state index in [9.17, 15) is 9.59 Å². The number of nitrogens with one attached hydrogen (secondary N) is 3. The number of ether oxygens (including phenoxy) is 1. The molecular formula is C15H25ClN4O3. The number of aromatic nitrogens is 2. The summed E-state index contributed by atoms with van der Waals surface area (Å²) in [5.41, 5.74) is 2.23. The molecule has 1 aromatic heterocycles. The fourth-order valence-corrected chi connectivity index (χ4v) is 2.52. The van der Waals surface area contributed by atoms with Crippen LogP contribution in [0.5, 0.6) is 0 Å². The maximum Gasteiger partial charge on any atom is 0.328 e. The van der Waals surface area contributed by atoms with Crippen LogP contribution >= 0.6 is 12.4 Å². The van der Waals surface area contributed by atoms with Gasteiger partial charge in [0.2, 0.25) is 0 Å². The SMILES string of the molecule is CCOC(=O)C(NC(=O)c1n[nH]c2c1CNCC2)C(C)CC.Cl. The molecule has 130 valence electrons. The van der Waals surface area contributed by atoms with Crippen molar-refractivity contribution in [3.63, 3.8) is 0 Å². The Morgan fingerprint density at radius 1 is 1.39 bits per heavy atom. The Morgan fingerprint density at radius 3 is 2.78 bits per heavy atom. The van der Waals surface area contributed by atoms with Gasteiger partial charge in [-0.05, 0) is 12.8 Å². The smallest absolute Gasteiger partial charge is 0.328 e. The number of amides is 1. The van der Waals surface area contributed by atoms with Gasteiger partial charge in [0.15, 0.2) is 5.69 Å². The largest absolute Gasteiger partial charge is 0.464 e. The number of hydrogen-bond acceptors (Lipinski definition) is 5. The zero-order valence-electron chi connectivity index (χ0n) is 13.8. The van der Waals surface area contributed by atoms with E-state index in [-0.39, 0.29) is 24.2 Å². The van der Waals surface area contributed by atoms with Gasteiger partial charge in [0.05, 0.1) is 6.61 Å². The summed E-state index contributed by atoms with van der Waals surface area (Å²) < 4.78 is 5.06. The van der Waals surface area contributed by atoms with Crippen LogP contribution in [0.2, 0.25) is 0 Å². The minimum atomic E-state index is -0.652. The molecule has 2 atom stereocenters. The van der Waals surface area contributed by atoms with Crippen molar-refractivity contribution in [3.8, 4) is 0 Å². The first-order chi connectivity index (χ1) is 10.6. The zero-order valence-corrected chi connectivity index (χ0v) is 14.6. The van der Waals surface area contributed by atoms with Gasteiger partial charge in [0.25, 0.3) is 5.91 Å². The van der Waals surface area contributed by atoms with E-state index in [1.54, 1.807) is 6.92 Å². The second kappa shape index (κ2) is 8.88. The predicted molar refractivity (Wildman–Crippen MR) is 88.6 cm³/mol. The van der Waals surface area contributed by atoms with E-state index in [4.69, 9.17) is 4.74 Å². The number of halogens is 1. The highest BCUT2D eigenvalue weighted by Gasteiger charge is 2.30. The van der Waals surface area contributed by atoms with E-state index >= 15 is 0 Å². The van der Waals surface area contributed by atoms with E-state index in [2.05, 4.69) is 20.8 Å². The Balaban J connectivity index is 0.00000264. The molecule has 8 heteroatoms. The number of aromatic amines is 1. The van der Waals surface area contributed by atoms with Crippen molar-refractivity contribution in [2.24, 2.45) is 5.92 Å². The number of carbonyl (C=O) groups is 2. The van der Waals surface area contributed by atoms with Crippen molar-refractivity contribution in [3.05, 3.63) is 17.0 Å². The van der Waals surface area contributed by atoms with Gasteiger partial charge in [-0.3, -0.25) is 9.89 Å². The topological polar surface area (TPSA) is 96.1 Å². The second-order valence-electron chi connectivity index (χ2n) is 5.54. The van der Waals surface area contributed by atoms with Gasteiger partial charge < -0.3 is 15.4 Å². The average Bonchev–Trinajstić information content (AvgIpc) is 2.96. The maximum atomic E-state index is 12.5. The minimum Gasteiger partial charge on any atom is -0.464 e. The second-order valence-corrected chi connectivity index (χ2v) is 5.54. The number of esters is 1. The fourth-order valence-electron chi connectivity index (χ4n) is 2.52. The van der Waals surface area contributed by atoms with Gasteiger partial charge in [0.1, 0.15) is 6.04 Å². The Kier molecular flexibility index (Phi) is 7.51. The molecule has 0 aromatic carbocycles. The van der Waals surface area contributed by atoms with Crippen LogP contribution in [0.1, 0.15) is 48.9 Å². The van der Waals surface area contributed by atoms with Crippen molar-refractivity contribution in [1.82, 2.24) is 20.8 Å². The van der Waals surface area contributed by atoms with E-state index < -0.39 is 12.0 Å². The van der Waals surface area contributed by atoms with Gasteiger partial charge in [-0.15, -0.1) is 12.4 Å². The third-order valence-corrected chi connectivity index (χ3v) is 4.06. The number of rotatable bonds is 6. The monoisotopic (exact) mass is 344 g/mol. The van der Waals surface area contributed by atoms with Crippen LogP contribution < -0.4 is 10.6 Å². The summed E-state index contributed by atoms with van der Waals surface area (Å²) in [4.78, 5) is 24.5. The molecule has 1 aliphatic heterocycles. The van der Waals surface area contributed by atoms with Gasteiger partial charge in [-0.2, -0.15) is 5.10 Å². The van der Waals surface area contributed by atoms with Crippen LogP contribution in [-0.2, 0) is 22.5 Å². The molecule has 0 spiro atoms. The summed E-state index contributed by atoms with van der Waals surface area (Å²) in [6.07, 6.45) is 1.59. The van der Waals surface area contributed by atoms with Crippen molar-refractivity contribution >= 4 is 24.3 Å². The van der Waals surface area contributed by atoms with Gasteiger partial charge in [-0.25, -0.2) is 4.79 Å². The number of carbonyl (C=O) groups excluding carboxylic acids is 2. The Hall–Kier alpha value is -1.60. The van der Waals surface area contributed by atoms with Crippen molar-refractivity contribution in [1.29, 1.82) is 0 Å². The normalized spacial score (nSPS) is 15.8. The first-order valence-electron chi connectivity index (χ1n) is 7.82. The van der Waals surface area contributed by atoms with Crippen molar-refractivity contribution < 1.29 is 14.3 Å². The third kappa shape index (κ3) is 4.45. The molecule has 0 saturated carbocycles. The Labute approximate surface area is 142 Å². The average molecular weight is 345 g/mol.